The summed E-state index contributed by atoms with van der Waals surface area (Å²) in [7, 11) is 0. The normalized spacial score (nSPS) is 10.4. The SMILES string of the molecule is Cc1cc(C(=O)c2ccc(N)cc2Br)ccc1Br. The first-order valence-corrected chi connectivity index (χ1v) is 6.93. The first kappa shape index (κ1) is 13.3. The second kappa shape index (κ2) is 5.24. The maximum Gasteiger partial charge on any atom is 0.194 e. The third-order valence-corrected chi connectivity index (χ3v) is 4.20. The minimum atomic E-state index is -0.0162. The van der Waals surface area contributed by atoms with E-state index in [-0.39, 0.29) is 5.78 Å². The van der Waals surface area contributed by atoms with Gasteiger partial charge in [0.05, 0.1) is 0 Å². The summed E-state index contributed by atoms with van der Waals surface area (Å²) < 4.78 is 1.71. The Balaban J connectivity index is 2.44. The summed E-state index contributed by atoms with van der Waals surface area (Å²) in [5.74, 6) is -0.0162. The average Bonchev–Trinajstić information content (AvgIpc) is 2.32. The third-order valence-electron chi connectivity index (χ3n) is 2.66. The molecule has 0 amide bonds. The maximum absolute atomic E-state index is 12.4. The van der Waals surface area contributed by atoms with Gasteiger partial charge in [-0.15, -0.1) is 0 Å². The lowest BCUT2D eigenvalue weighted by Gasteiger charge is -2.06. The van der Waals surface area contributed by atoms with Crippen molar-refractivity contribution < 1.29 is 4.79 Å². The second-order valence-corrected chi connectivity index (χ2v) is 5.74. The predicted octanol–water partition coefficient (Wildman–Crippen LogP) is 4.33. The van der Waals surface area contributed by atoms with Crippen molar-refractivity contribution in [2.75, 3.05) is 5.73 Å². The third kappa shape index (κ3) is 2.65. The molecule has 0 unspecified atom stereocenters. The number of anilines is 1. The van der Waals surface area contributed by atoms with E-state index in [1.165, 1.54) is 0 Å². The lowest BCUT2D eigenvalue weighted by molar-refractivity contribution is 0.103. The molecule has 2 aromatic rings. The van der Waals surface area contributed by atoms with Crippen molar-refractivity contribution in [3.8, 4) is 0 Å². The Morgan fingerprint density at radius 1 is 1.06 bits per heavy atom. The van der Waals surface area contributed by atoms with Gasteiger partial charge in [0.25, 0.3) is 0 Å². The van der Waals surface area contributed by atoms with Gasteiger partial charge in [0, 0.05) is 25.8 Å². The van der Waals surface area contributed by atoms with Gasteiger partial charge in [-0.1, -0.05) is 15.9 Å². The fourth-order valence-electron chi connectivity index (χ4n) is 1.66. The van der Waals surface area contributed by atoms with Crippen LogP contribution in [-0.4, -0.2) is 5.78 Å². The monoisotopic (exact) mass is 367 g/mol. The highest BCUT2D eigenvalue weighted by atomic mass is 79.9. The lowest BCUT2D eigenvalue weighted by Crippen LogP contribution is -2.03. The van der Waals surface area contributed by atoms with Crippen LogP contribution in [0.3, 0.4) is 0 Å². The summed E-state index contributed by atoms with van der Waals surface area (Å²) in [5.41, 5.74) is 8.61. The van der Waals surface area contributed by atoms with Crippen molar-refractivity contribution in [1.82, 2.24) is 0 Å². The number of benzene rings is 2. The summed E-state index contributed by atoms with van der Waals surface area (Å²) >= 11 is 6.79. The summed E-state index contributed by atoms with van der Waals surface area (Å²) in [5, 5.41) is 0. The predicted molar refractivity (Wildman–Crippen MR) is 80.9 cm³/mol. The van der Waals surface area contributed by atoms with Crippen LogP contribution in [0.25, 0.3) is 0 Å². The number of hydrogen-bond acceptors (Lipinski definition) is 2. The van der Waals surface area contributed by atoms with E-state index in [4.69, 9.17) is 5.73 Å². The number of nitrogens with two attached hydrogens (primary N) is 1. The van der Waals surface area contributed by atoms with Crippen molar-refractivity contribution in [3.05, 3.63) is 62.0 Å². The Bertz CT molecular complexity index is 623. The van der Waals surface area contributed by atoms with Gasteiger partial charge >= 0.3 is 0 Å². The fraction of sp³-hybridized carbons (Fsp3) is 0.0714. The molecule has 0 saturated carbocycles. The number of aryl methyl sites for hydroxylation is 1. The molecule has 0 atom stereocenters. The number of nitrogen functional groups attached to an aromatic ring is 1. The van der Waals surface area contributed by atoms with E-state index < -0.39 is 0 Å². The van der Waals surface area contributed by atoms with Gasteiger partial charge in [-0.2, -0.15) is 0 Å². The number of rotatable bonds is 2. The largest absolute Gasteiger partial charge is 0.399 e. The van der Waals surface area contributed by atoms with Crippen molar-refractivity contribution >= 4 is 43.3 Å². The molecule has 0 aliphatic carbocycles. The van der Waals surface area contributed by atoms with E-state index >= 15 is 0 Å². The van der Waals surface area contributed by atoms with Crippen molar-refractivity contribution in [2.24, 2.45) is 0 Å². The minimum absolute atomic E-state index is 0.0162. The van der Waals surface area contributed by atoms with E-state index in [0.29, 0.717) is 21.3 Å². The van der Waals surface area contributed by atoms with Gasteiger partial charge in [0.1, 0.15) is 0 Å². The fourth-order valence-corrected chi connectivity index (χ4v) is 2.48. The maximum atomic E-state index is 12.4. The van der Waals surface area contributed by atoms with Crippen LogP contribution < -0.4 is 5.73 Å². The molecule has 0 bridgehead atoms. The van der Waals surface area contributed by atoms with Crippen LogP contribution in [0, 0.1) is 6.92 Å². The zero-order valence-electron chi connectivity index (χ0n) is 9.71. The first-order valence-electron chi connectivity index (χ1n) is 5.35. The Morgan fingerprint density at radius 3 is 2.39 bits per heavy atom. The second-order valence-electron chi connectivity index (χ2n) is 4.03. The molecule has 0 fully saturated rings. The van der Waals surface area contributed by atoms with Crippen LogP contribution in [-0.2, 0) is 0 Å². The molecule has 2 nitrogen and oxygen atoms in total. The van der Waals surface area contributed by atoms with E-state index in [2.05, 4.69) is 31.9 Å². The lowest BCUT2D eigenvalue weighted by atomic mass is 10.0. The molecule has 0 saturated heterocycles. The highest BCUT2D eigenvalue weighted by Crippen LogP contribution is 2.24. The average molecular weight is 369 g/mol. The van der Waals surface area contributed by atoms with Crippen LogP contribution in [0.2, 0.25) is 0 Å². The van der Waals surface area contributed by atoms with Crippen LogP contribution in [0.15, 0.2) is 45.3 Å². The summed E-state index contributed by atoms with van der Waals surface area (Å²) in [4.78, 5) is 12.4. The molecule has 0 aliphatic rings. The smallest absolute Gasteiger partial charge is 0.194 e. The minimum Gasteiger partial charge on any atom is -0.399 e. The molecule has 0 spiro atoms. The highest BCUT2D eigenvalue weighted by molar-refractivity contribution is 9.10. The van der Waals surface area contributed by atoms with Gasteiger partial charge < -0.3 is 5.73 Å². The number of hydrogen-bond donors (Lipinski definition) is 1. The molecule has 2 rings (SSSR count). The molecule has 2 N–H and O–H groups in total. The van der Waals surface area contributed by atoms with E-state index in [0.717, 1.165) is 10.0 Å². The van der Waals surface area contributed by atoms with E-state index in [1.54, 1.807) is 18.2 Å². The van der Waals surface area contributed by atoms with Crippen LogP contribution in [0.4, 0.5) is 5.69 Å². The Morgan fingerprint density at radius 2 is 1.78 bits per heavy atom. The van der Waals surface area contributed by atoms with Gasteiger partial charge in [0.2, 0.25) is 0 Å². The number of ketones is 1. The Hall–Kier alpha value is -1.13. The molecular formula is C14H11Br2NO. The zero-order chi connectivity index (χ0) is 13.3. The molecule has 0 aliphatic heterocycles. The number of carbonyl (C=O) groups excluding carboxylic acids is 1. The molecular weight excluding hydrogens is 358 g/mol. The first-order chi connectivity index (χ1) is 8.49. The highest BCUT2D eigenvalue weighted by Gasteiger charge is 2.13. The van der Waals surface area contributed by atoms with E-state index in [1.807, 2.05) is 25.1 Å². The van der Waals surface area contributed by atoms with Crippen molar-refractivity contribution in [2.45, 2.75) is 6.92 Å². The number of halogens is 2. The van der Waals surface area contributed by atoms with Crippen LogP contribution in [0.1, 0.15) is 21.5 Å². The zero-order valence-corrected chi connectivity index (χ0v) is 12.9. The quantitative estimate of drug-likeness (QED) is 0.633. The molecule has 0 heterocycles. The van der Waals surface area contributed by atoms with Gasteiger partial charge in [-0.05, 0) is 64.8 Å². The Kier molecular flexibility index (Phi) is 3.88. The molecule has 2 aromatic carbocycles. The Labute approximate surface area is 122 Å². The summed E-state index contributed by atoms with van der Waals surface area (Å²) in [6, 6.07) is 10.8. The topological polar surface area (TPSA) is 43.1 Å². The molecule has 0 radical (unpaired) electrons. The van der Waals surface area contributed by atoms with Crippen molar-refractivity contribution in [1.29, 1.82) is 0 Å². The van der Waals surface area contributed by atoms with E-state index in [9.17, 15) is 4.79 Å². The molecule has 18 heavy (non-hydrogen) atoms. The summed E-state index contributed by atoms with van der Waals surface area (Å²) in [6.45, 7) is 1.96. The van der Waals surface area contributed by atoms with Crippen LogP contribution in [0.5, 0.6) is 0 Å². The molecule has 92 valence electrons. The molecule has 0 aromatic heterocycles. The summed E-state index contributed by atoms with van der Waals surface area (Å²) in [6.07, 6.45) is 0. The van der Waals surface area contributed by atoms with Crippen molar-refractivity contribution in [3.63, 3.8) is 0 Å². The van der Waals surface area contributed by atoms with Gasteiger partial charge in [0.15, 0.2) is 5.78 Å². The van der Waals surface area contributed by atoms with Gasteiger partial charge in [-0.25, -0.2) is 0 Å². The van der Waals surface area contributed by atoms with Gasteiger partial charge in [-0.3, -0.25) is 4.79 Å². The standard InChI is InChI=1S/C14H11Br2NO/c1-8-6-9(2-5-12(8)15)14(18)11-4-3-10(17)7-13(11)16/h2-7H,17H2,1H3. The number of carbonyl (C=O) groups is 1. The molecule has 4 heteroatoms. The van der Waals surface area contributed by atoms with Crippen LogP contribution >= 0.6 is 31.9 Å².